The summed E-state index contributed by atoms with van der Waals surface area (Å²) in [5, 5.41) is 4.26. The lowest BCUT2D eigenvalue weighted by Gasteiger charge is -2.30. The van der Waals surface area contributed by atoms with Gasteiger partial charge in [0.05, 0.1) is 18.7 Å². The average Bonchev–Trinajstić information content (AvgIpc) is 2.84. The fourth-order valence-corrected chi connectivity index (χ4v) is 5.34. The van der Waals surface area contributed by atoms with Crippen LogP contribution in [0.15, 0.2) is 24.3 Å². The van der Waals surface area contributed by atoms with Crippen molar-refractivity contribution in [2.24, 2.45) is 5.92 Å². The summed E-state index contributed by atoms with van der Waals surface area (Å²) in [5.74, 6) is 2.32. The Hall–Kier alpha value is -3.42. The van der Waals surface area contributed by atoms with Crippen molar-refractivity contribution < 1.29 is 13.9 Å². The largest absolute Gasteiger partial charge is 0.496 e. The number of halogens is 1. The van der Waals surface area contributed by atoms with Crippen LogP contribution < -0.4 is 15.8 Å². The number of nitrogen functional groups attached to an aromatic ring is 1. The van der Waals surface area contributed by atoms with Gasteiger partial charge < -0.3 is 20.7 Å². The molecule has 1 atom stereocenters. The predicted molar refractivity (Wildman–Crippen MR) is 142 cm³/mol. The van der Waals surface area contributed by atoms with Crippen molar-refractivity contribution in [1.29, 1.82) is 0 Å². The maximum absolute atomic E-state index is 14.9. The smallest absolute Gasteiger partial charge is 0.225 e. The molecular formula is C28H36FN5O2. The molecule has 0 spiro atoms. The molecule has 1 fully saturated rings. The van der Waals surface area contributed by atoms with E-state index in [1.54, 1.807) is 31.1 Å². The minimum absolute atomic E-state index is 0.0726. The fourth-order valence-electron chi connectivity index (χ4n) is 5.34. The Labute approximate surface area is 212 Å². The third-order valence-electron chi connectivity index (χ3n) is 7.24. The van der Waals surface area contributed by atoms with E-state index in [9.17, 15) is 9.18 Å². The van der Waals surface area contributed by atoms with Crippen LogP contribution in [-0.2, 0) is 4.79 Å². The second-order valence-electron chi connectivity index (χ2n) is 10.1. The number of anilines is 2. The molecule has 0 saturated heterocycles. The van der Waals surface area contributed by atoms with Crippen molar-refractivity contribution in [2.45, 2.75) is 58.4 Å². The lowest BCUT2D eigenvalue weighted by molar-refractivity contribution is -0.134. The summed E-state index contributed by atoms with van der Waals surface area (Å²) in [6, 6.07) is 7.00. The summed E-state index contributed by atoms with van der Waals surface area (Å²) in [4.78, 5) is 23.4. The molecule has 4 rings (SSSR count). The van der Waals surface area contributed by atoms with E-state index in [2.05, 4.69) is 21.4 Å². The fraction of sp³-hybridized carbons (Fsp3) is 0.464. The number of carbonyl (C=O) groups excluding carboxylic acids is 1. The maximum atomic E-state index is 14.9. The summed E-state index contributed by atoms with van der Waals surface area (Å²) >= 11 is 0. The number of nitrogens with one attached hydrogen (secondary N) is 1. The number of fused-ring (bicyclic) bond motifs is 1. The molecule has 1 saturated carbocycles. The second kappa shape index (κ2) is 10.3. The molecule has 1 aromatic heterocycles. The van der Waals surface area contributed by atoms with E-state index in [0.717, 1.165) is 47.9 Å². The van der Waals surface area contributed by atoms with Gasteiger partial charge in [-0.15, -0.1) is 0 Å². The molecule has 36 heavy (non-hydrogen) atoms. The molecule has 1 amide bonds. The number of carbonyl (C=O) groups is 1. The van der Waals surface area contributed by atoms with E-state index in [4.69, 9.17) is 10.5 Å². The van der Waals surface area contributed by atoms with Crippen LogP contribution in [0.1, 0.15) is 67.1 Å². The van der Waals surface area contributed by atoms with Crippen LogP contribution in [0.5, 0.6) is 5.75 Å². The van der Waals surface area contributed by atoms with Gasteiger partial charge in [0.1, 0.15) is 23.2 Å². The molecule has 3 N–H and O–H groups in total. The highest BCUT2D eigenvalue weighted by molar-refractivity contribution is 5.91. The van der Waals surface area contributed by atoms with E-state index >= 15 is 0 Å². The van der Waals surface area contributed by atoms with Crippen LogP contribution in [0, 0.1) is 25.6 Å². The first kappa shape index (κ1) is 25.7. The number of nitrogens with two attached hydrogens (primary N) is 1. The van der Waals surface area contributed by atoms with Crippen molar-refractivity contribution >= 4 is 28.3 Å². The van der Waals surface area contributed by atoms with Gasteiger partial charge in [-0.3, -0.25) is 4.79 Å². The van der Waals surface area contributed by atoms with Gasteiger partial charge in [0.15, 0.2) is 0 Å². The third kappa shape index (κ3) is 5.08. The Kier molecular flexibility index (Phi) is 7.33. The van der Waals surface area contributed by atoms with Gasteiger partial charge in [-0.05, 0) is 81.7 Å². The predicted octanol–water partition coefficient (Wildman–Crippen LogP) is 5.51. The van der Waals surface area contributed by atoms with Crippen molar-refractivity contribution in [1.82, 2.24) is 14.9 Å². The monoisotopic (exact) mass is 493 g/mol. The van der Waals surface area contributed by atoms with Crippen LogP contribution in [0.3, 0.4) is 0 Å². The standard InChI is InChI=1S/C28H36FN5O2/c1-15-11-20(30)12-21(26(15)29)16(2)31-27-23-13-22(25(36-6)14-24(23)32-17(3)33-27)18-7-9-19(10-8-18)28(35)34(4)5/h11-14,16,18-19H,7-10,30H2,1-6H3,(H,31,32,33)/t16-,18?,19?/m0/s1. The molecule has 1 aliphatic carbocycles. The van der Waals surface area contributed by atoms with Crippen LogP contribution in [-0.4, -0.2) is 42.0 Å². The Bertz CT molecular complexity index is 1280. The molecule has 0 aliphatic heterocycles. The lowest BCUT2D eigenvalue weighted by atomic mass is 9.77. The molecule has 1 heterocycles. The molecule has 3 aromatic rings. The molecule has 192 valence electrons. The molecular weight excluding hydrogens is 457 g/mol. The molecule has 0 unspecified atom stereocenters. The van der Waals surface area contributed by atoms with Gasteiger partial charge in [0, 0.05) is 42.7 Å². The van der Waals surface area contributed by atoms with E-state index in [1.807, 2.05) is 34.0 Å². The summed E-state index contributed by atoms with van der Waals surface area (Å²) in [6.07, 6.45) is 3.52. The van der Waals surface area contributed by atoms with Crippen LogP contribution in [0.2, 0.25) is 0 Å². The van der Waals surface area contributed by atoms with Gasteiger partial charge in [0.2, 0.25) is 5.91 Å². The summed E-state index contributed by atoms with van der Waals surface area (Å²) in [5.41, 5.74) is 9.38. The minimum atomic E-state index is -0.359. The Balaban J connectivity index is 1.69. The minimum Gasteiger partial charge on any atom is -0.496 e. The van der Waals surface area contributed by atoms with Gasteiger partial charge in [-0.1, -0.05) is 0 Å². The van der Waals surface area contributed by atoms with Gasteiger partial charge in [-0.2, -0.15) is 0 Å². The third-order valence-corrected chi connectivity index (χ3v) is 7.24. The SMILES string of the molecule is COc1cc2nc(C)nc(N[C@@H](C)c3cc(N)cc(C)c3F)c2cc1C1CCC(C(=O)N(C)C)CC1. The zero-order valence-corrected chi connectivity index (χ0v) is 22.0. The van der Waals surface area contributed by atoms with Crippen LogP contribution in [0.4, 0.5) is 15.9 Å². The summed E-state index contributed by atoms with van der Waals surface area (Å²) in [7, 11) is 5.30. The highest BCUT2D eigenvalue weighted by Gasteiger charge is 2.30. The zero-order chi connectivity index (χ0) is 26.1. The highest BCUT2D eigenvalue weighted by atomic mass is 19.1. The lowest BCUT2D eigenvalue weighted by Crippen LogP contribution is -2.32. The van der Waals surface area contributed by atoms with E-state index in [0.29, 0.717) is 28.5 Å². The number of rotatable bonds is 6. The van der Waals surface area contributed by atoms with E-state index in [-0.39, 0.29) is 29.6 Å². The van der Waals surface area contributed by atoms with Gasteiger partial charge >= 0.3 is 0 Å². The van der Waals surface area contributed by atoms with Crippen molar-refractivity contribution in [3.63, 3.8) is 0 Å². The van der Waals surface area contributed by atoms with Crippen molar-refractivity contribution in [3.05, 3.63) is 52.6 Å². The normalized spacial score (nSPS) is 18.6. The summed E-state index contributed by atoms with van der Waals surface area (Å²) < 4.78 is 20.7. The highest BCUT2D eigenvalue weighted by Crippen LogP contribution is 2.42. The molecule has 0 radical (unpaired) electrons. The molecule has 2 aromatic carbocycles. The number of nitrogens with zero attached hydrogens (tertiary/aromatic N) is 3. The maximum Gasteiger partial charge on any atom is 0.225 e. The first-order chi connectivity index (χ1) is 17.1. The molecule has 1 aliphatic rings. The number of ether oxygens (including phenoxy) is 1. The molecule has 8 heteroatoms. The number of hydrogen-bond donors (Lipinski definition) is 2. The summed E-state index contributed by atoms with van der Waals surface area (Å²) in [6.45, 7) is 5.45. The first-order valence-electron chi connectivity index (χ1n) is 12.5. The molecule has 7 nitrogen and oxygen atoms in total. The first-order valence-corrected chi connectivity index (χ1v) is 12.5. The van der Waals surface area contributed by atoms with Gasteiger partial charge in [-0.25, -0.2) is 14.4 Å². The average molecular weight is 494 g/mol. The number of hydrogen-bond acceptors (Lipinski definition) is 6. The quantitative estimate of drug-likeness (QED) is 0.440. The number of amides is 1. The van der Waals surface area contributed by atoms with Crippen molar-refractivity contribution in [3.8, 4) is 5.75 Å². The number of aryl methyl sites for hydroxylation is 2. The van der Waals surface area contributed by atoms with Crippen LogP contribution >= 0.6 is 0 Å². The van der Waals surface area contributed by atoms with E-state index in [1.165, 1.54) is 0 Å². The molecule has 0 bridgehead atoms. The number of benzene rings is 2. The zero-order valence-electron chi connectivity index (χ0n) is 22.0. The Morgan fingerprint density at radius 1 is 1.14 bits per heavy atom. The van der Waals surface area contributed by atoms with Gasteiger partial charge in [0.25, 0.3) is 0 Å². The topological polar surface area (TPSA) is 93.4 Å². The van der Waals surface area contributed by atoms with Crippen LogP contribution in [0.25, 0.3) is 10.9 Å². The number of aromatic nitrogens is 2. The van der Waals surface area contributed by atoms with E-state index < -0.39 is 0 Å². The Morgan fingerprint density at radius 2 is 1.83 bits per heavy atom. The second-order valence-corrected chi connectivity index (χ2v) is 10.1. The van der Waals surface area contributed by atoms with Crippen molar-refractivity contribution in [2.75, 3.05) is 32.3 Å². The Morgan fingerprint density at radius 3 is 2.47 bits per heavy atom. The number of methoxy groups -OCH3 is 1.